The molecule has 5 nitrogen and oxygen atoms in total. The van der Waals surface area contributed by atoms with Crippen molar-refractivity contribution in [1.29, 1.82) is 0 Å². The van der Waals surface area contributed by atoms with E-state index in [4.69, 9.17) is 10.5 Å². The summed E-state index contributed by atoms with van der Waals surface area (Å²) in [5.41, 5.74) is 7.30. The lowest BCUT2D eigenvalue weighted by Crippen LogP contribution is -2.46. The third-order valence-electron chi connectivity index (χ3n) is 4.94. The maximum Gasteiger partial charge on any atom is 0.227 e. The van der Waals surface area contributed by atoms with Crippen molar-refractivity contribution in [2.24, 2.45) is 5.73 Å². The molecule has 1 fully saturated rings. The van der Waals surface area contributed by atoms with Crippen molar-refractivity contribution >= 4 is 11.8 Å². The predicted molar refractivity (Wildman–Crippen MR) is 104 cm³/mol. The highest BCUT2D eigenvalue weighted by Gasteiger charge is 2.28. The van der Waals surface area contributed by atoms with Crippen molar-refractivity contribution in [2.75, 3.05) is 6.54 Å². The molecule has 0 saturated carbocycles. The van der Waals surface area contributed by atoms with E-state index < -0.39 is 0 Å². The predicted octanol–water partition coefficient (Wildman–Crippen LogP) is 3.06. The van der Waals surface area contributed by atoms with Crippen molar-refractivity contribution < 1.29 is 14.3 Å². The Hall–Kier alpha value is -2.82. The van der Waals surface area contributed by atoms with Gasteiger partial charge in [-0.2, -0.15) is 0 Å². The van der Waals surface area contributed by atoms with Gasteiger partial charge in [0, 0.05) is 24.6 Å². The third-order valence-corrected chi connectivity index (χ3v) is 4.94. The maximum atomic E-state index is 12.9. The van der Waals surface area contributed by atoms with Crippen LogP contribution in [0.3, 0.4) is 0 Å². The van der Waals surface area contributed by atoms with E-state index in [0.717, 1.165) is 36.1 Å². The number of primary amides is 1. The molecule has 1 unspecified atom stereocenters. The number of benzene rings is 2. The fourth-order valence-electron chi connectivity index (χ4n) is 3.56. The summed E-state index contributed by atoms with van der Waals surface area (Å²) in [6, 6.07) is 17.5. The summed E-state index contributed by atoms with van der Waals surface area (Å²) in [5, 5.41) is 0. The molecule has 2 aromatic rings. The van der Waals surface area contributed by atoms with E-state index in [1.54, 1.807) is 0 Å². The van der Waals surface area contributed by atoms with E-state index in [1.165, 1.54) is 0 Å². The van der Waals surface area contributed by atoms with Crippen molar-refractivity contribution in [3.63, 3.8) is 0 Å². The lowest BCUT2D eigenvalue weighted by molar-refractivity contribution is -0.135. The van der Waals surface area contributed by atoms with Crippen LogP contribution in [0.15, 0.2) is 54.6 Å². The third kappa shape index (κ3) is 5.33. The quantitative estimate of drug-likeness (QED) is 0.818. The van der Waals surface area contributed by atoms with Gasteiger partial charge in [0.05, 0.1) is 6.42 Å². The first-order chi connectivity index (χ1) is 13.1. The minimum atomic E-state index is -0.355. The highest BCUT2D eigenvalue weighted by molar-refractivity contribution is 5.81. The summed E-state index contributed by atoms with van der Waals surface area (Å²) < 4.78 is 5.96. The van der Waals surface area contributed by atoms with Gasteiger partial charge in [0.15, 0.2) is 0 Å². The maximum absolute atomic E-state index is 12.9. The Bertz CT molecular complexity index is 776. The number of carbonyl (C=O) groups is 2. The fourth-order valence-corrected chi connectivity index (χ4v) is 3.56. The number of ether oxygens (including phenoxy) is 1. The molecule has 2 N–H and O–H groups in total. The lowest BCUT2D eigenvalue weighted by Gasteiger charge is -2.35. The number of hydrogen-bond donors (Lipinski definition) is 1. The van der Waals surface area contributed by atoms with Crippen LogP contribution in [-0.2, 0) is 22.6 Å². The van der Waals surface area contributed by atoms with Gasteiger partial charge in [0.1, 0.15) is 12.4 Å². The van der Waals surface area contributed by atoms with Gasteiger partial charge in [-0.05, 0) is 30.9 Å². The molecule has 0 bridgehead atoms. The Morgan fingerprint density at radius 2 is 1.78 bits per heavy atom. The number of hydrogen-bond acceptors (Lipinski definition) is 3. The summed E-state index contributed by atoms with van der Waals surface area (Å²) in [6.07, 6.45) is 3.32. The van der Waals surface area contributed by atoms with E-state index in [9.17, 15) is 9.59 Å². The van der Waals surface area contributed by atoms with E-state index in [1.807, 2.05) is 59.5 Å². The number of rotatable bonds is 7. The molecule has 0 aromatic heterocycles. The van der Waals surface area contributed by atoms with Crippen LogP contribution in [0.1, 0.15) is 36.8 Å². The highest BCUT2D eigenvalue weighted by Crippen LogP contribution is 2.24. The largest absolute Gasteiger partial charge is 0.489 e. The molecule has 0 aliphatic carbocycles. The highest BCUT2D eigenvalue weighted by atomic mass is 16.5. The second kappa shape index (κ2) is 9.21. The standard InChI is InChI=1S/C22H26N2O3/c23-21(25)15-19-11-6-7-13-24(19)22(26)14-18-10-4-5-12-20(18)27-16-17-8-2-1-3-9-17/h1-5,8-10,12,19H,6-7,11,13-16H2,(H2,23,25). The Kier molecular flexibility index (Phi) is 6.47. The molecule has 0 radical (unpaired) electrons. The van der Waals surface area contributed by atoms with Crippen LogP contribution in [0.5, 0.6) is 5.75 Å². The smallest absolute Gasteiger partial charge is 0.227 e. The first kappa shape index (κ1) is 19.0. The SMILES string of the molecule is NC(=O)CC1CCCCN1C(=O)Cc1ccccc1OCc1ccccc1. The Labute approximate surface area is 160 Å². The van der Waals surface area contributed by atoms with Crippen molar-refractivity contribution in [1.82, 2.24) is 4.90 Å². The zero-order valence-electron chi connectivity index (χ0n) is 15.5. The topological polar surface area (TPSA) is 72.6 Å². The first-order valence-electron chi connectivity index (χ1n) is 9.46. The Morgan fingerprint density at radius 3 is 2.56 bits per heavy atom. The van der Waals surface area contributed by atoms with Gasteiger partial charge in [-0.3, -0.25) is 9.59 Å². The van der Waals surface area contributed by atoms with E-state index >= 15 is 0 Å². The lowest BCUT2D eigenvalue weighted by atomic mass is 9.98. The van der Waals surface area contributed by atoms with Crippen molar-refractivity contribution in [2.45, 2.75) is 44.8 Å². The van der Waals surface area contributed by atoms with E-state index in [2.05, 4.69) is 0 Å². The van der Waals surface area contributed by atoms with Crippen LogP contribution in [-0.4, -0.2) is 29.3 Å². The number of nitrogens with zero attached hydrogens (tertiary/aromatic N) is 1. The van der Waals surface area contributed by atoms with Gasteiger partial charge in [-0.1, -0.05) is 48.5 Å². The first-order valence-corrected chi connectivity index (χ1v) is 9.46. The average molecular weight is 366 g/mol. The second-order valence-electron chi connectivity index (χ2n) is 6.97. The Morgan fingerprint density at radius 1 is 1.04 bits per heavy atom. The summed E-state index contributed by atoms with van der Waals surface area (Å²) in [5.74, 6) is 0.390. The molecule has 3 rings (SSSR count). The summed E-state index contributed by atoms with van der Waals surface area (Å²) in [4.78, 5) is 26.1. The monoisotopic (exact) mass is 366 g/mol. The van der Waals surface area contributed by atoms with Crippen LogP contribution >= 0.6 is 0 Å². The molecular formula is C22H26N2O3. The zero-order valence-corrected chi connectivity index (χ0v) is 15.5. The number of likely N-dealkylation sites (tertiary alicyclic amines) is 1. The molecule has 1 atom stereocenters. The number of nitrogens with two attached hydrogens (primary N) is 1. The summed E-state index contributed by atoms with van der Waals surface area (Å²) >= 11 is 0. The van der Waals surface area contributed by atoms with Crippen LogP contribution in [0.25, 0.3) is 0 Å². The molecule has 142 valence electrons. The molecular weight excluding hydrogens is 340 g/mol. The van der Waals surface area contributed by atoms with E-state index in [0.29, 0.717) is 13.2 Å². The minimum absolute atomic E-state index is 0.0247. The molecule has 1 heterocycles. The van der Waals surface area contributed by atoms with E-state index in [-0.39, 0.29) is 30.7 Å². The van der Waals surface area contributed by atoms with Gasteiger partial charge in [0.2, 0.25) is 11.8 Å². The molecule has 1 saturated heterocycles. The molecule has 5 heteroatoms. The second-order valence-corrected chi connectivity index (χ2v) is 6.97. The normalized spacial score (nSPS) is 16.7. The average Bonchev–Trinajstić information content (AvgIpc) is 2.68. The minimum Gasteiger partial charge on any atom is -0.489 e. The number of para-hydroxylation sites is 1. The summed E-state index contributed by atoms with van der Waals surface area (Å²) in [7, 11) is 0. The number of piperidine rings is 1. The fraction of sp³-hybridized carbons (Fsp3) is 0.364. The van der Waals surface area contributed by atoms with Crippen LogP contribution in [0.2, 0.25) is 0 Å². The number of carbonyl (C=O) groups excluding carboxylic acids is 2. The van der Waals surface area contributed by atoms with Crippen molar-refractivity contribution in [3.05, 3.63) is 65.7 Å². The van der Waals surface area contributed by atoms with Gasteiger partial charge in [-0.25, -0.2) is 0 Å². The van der Waals surface area contributed by atoms with Crippen LogP contribution < -0.4 is 10.5 Å². The van der Waals surface area contributed by atoms with Crippen LogP contribution in [0, 0.1) is 0 Å². The molecule has 0 spiro atoms. The molecule has 1 aliphatic heterocycles. The number of amides is 2. The van der Waals surface area contributed by atoms with Crippen LogP contribution in [0.4, 0.5) is 0 Å². The molecule has 2 aromatic carbocycles. The summed E-state index contributed by atoms with van der Waals surface area (Å²) in [6.45, 7) is 1.14. The van der Waals surface area contributed by atoms with Gasteiger partial charge in [0.25, 0.3) is 0 Å². The van der Waals surface area contributed by atoms with Gasteiger partial charge in [-0.15, -0.1) is 0 Å². The molecule has 1 aliphatic rings. The van der Waals surface area contributed by atoms with Gasteiger partial charge >= 0.3 is 0 Å². The van der Waals surface area contributed by atoms with Crippen molar-refractivity contribution in [3.8, 4) is 5.75 Å². The molecule has 2 amide bonds. The van der Waals surface area contributed by atoms with Gasteiger partial charge < -0.3 is 15.4 Å². The molecule has 27 heavy (non-hydrogen) atoms. The zero-order chi connectivity index (χ0) is 19.1. The Balaban J connectivity index is 1.67.